The van der Waals surface area contributed by atoms with Gasteiger partial charge < -0.3 is 20.5 Å². The standard InChI is InChI=1S/C27H23F2N3O3/c1-15-12-16(10-11-27(2,3)35)13-21(30-15)26(34)32-24(19-14-17(28)8-9-22(19)33)25-23(29)18-6-4-5-7-20(18)31-25/h4-9,12-14,24,31,33,35H,1-3H3,(H,32,34). The van der Waals surface area contributed by atoms with Crippen molar-refractivity contribution in [3.05, 3.63) is 94.4 Å². The maximum Gasteiger partial charge on any atom is 0.270 e. The van der Waals surface area contributed by atoms with Crippen LogP contribution in [-0.4, -0.2) is 31.7 Å². The maximum absolute atomic E-state index is 15.4. The molecule has 4 aromatic rings. The molecule has 0 aliphatic carbocycles. The fraction of sp³-hybridized carbons (Fsp3) is 0.185. The van der Waals surface area contributed by atoms with Crippen molar-refractivity contribution in [1.82, 2.24) is 15.3 Å². The molecule has 4 N–H and O–H groups in total. The predicted octanol–water partition coefficient (Wildman–Crippen LogP) is 4.50. The lowest BCUT2D eigenvalue weighted by Gasteiger charge is -2.20. The van der Waals surface area contributed by atoms with Crippen LogP contribution in [0.4, 0.5) is 8.78 Å². The molecule has 4 rings (SSSR count). The highest BCUT2D eigenvalue weighted by Crippen LogP contribution is 2.34. The Morgan fingerprint density at radius 1 is 1.14 bits per heavy atom. The van der Waals surface area contributed by atoms with Crippen molar-refractivity contribution in [3.8, 4) is 17.6 Å². The molecular formula is C27H23F2N3O3. The van der Waals surface area contributed by atoms with Crippen LogP contribution >= 0.6 is 0 Å². The third-order valence-corrected chi connectivity index (χ3v) is 5.23. The molecule has 0 bridgehead atoms. The number of pyridine rings is 1. The minimum atomic E-state index is -1.25. The van der Waals surface area contributed by atoms with Gasteiger partial charge in [-0.1, -0.05) is 24.0 Å². The van der Waals surface area contributed by atoms with E-state index in [0.717, 1.165) is 18.2 Å². The lowest BCUT2D eigenvalue weighted by atomic mass is 10.0. The molecule has 178 valence electrons. The fourth-order valence-corrected chi connectivity index (χ4v) is 3.68. The third kappa shape index (κ3) is 5.31. The number of fused-ring (bicyclic) bond motifs is 1. The minimum absolute atomic E-state index is 0.0116. The van der Waals surface area contributed by atoms with E-state index in [1.165, 1.54) is 19.9 Å². The van der Waals surface area contributed by atoms with Crippen LogP contribution in [0.2, 0.25) is 0 Å². The molecule has 0 fully saturated rings. The van der Waals surface area contributed by atoms with Gasteiger partial charge in [0.25, 0.3) is 5.91 Å². The van der Waals surface area contributed by atoms with Crippen molar-refractivity contribution in [2.75, 3.05) is 0 Å². The van der Waals surface area contributed by atoms with Crippen LogP contribution in [0.25, 0.3) is 10.9 Å². The van der Waals surface area contributed by atoms with E-state index >= 15 is 4.39 Å². The Labute approximate surface area is 200 Å². The number of phenols is 1. The molecule has 0 aliphatic rings. The number of aromatic nitrogens is 2. The van der Waals surface area contributed by atoms with Crippen LogP contribution in [0.5, 0.6) is 5.75 Å². The molecule has 1 unspecified atom stereocenters. The SMILES string of the molecule is Cc1cc(C#CC(C)(C)O)cc(C(=O)NC(c2cc(F)ccc2O)c2[nH]c3ccccc3c2F)n1. The van der Waals surface area contributed by atoms with Gasteiger partial charge in [-0.3, -0.25) is 4.79 Å². The number of nitrogens with one attached hydrogen (secondary N) is 2. The van der Waals surface area contributed by atoms with E-state index in [2.05, 4.69) is 27.1 Å². The highest BCUT2D eigenvalue weighted by Gasteiger charge is 2.27. The predicted molar refractivity (Wildman–Crippen MR) is 128 cm³/mol. The quantitative estimate of drug-likeness (QED) is 0.327. The zero-order valence-corrected chi connectivity index (χ0v) is 19.3. The number of aromatic hydroxyl groups is 1. The van der Waals surface area contributed by atoms with Crippen LogP contribution < -0.4 is 5.32 Å². The van der Waals surface area contributed by atoms with Crippen molar-refractivity contribution in [1.29, 1.82) is 0 Å². The number of hydrogen-bond acceptors (Lipinski definition) is 4. The summed E-state index contributed by atoms with van der Waals surface area (Å²) in [6.07, 6.45) is 0. The van der Waals surface area contributed by atoms with Crippen molar-refractivity contribution in [2.24, 2.45) is 0 Å². The average Bonchev–Trinajstić information content (AvgIpc) is 3.13. The molecule has 2 heterocycles. The van der Waals surface area contributed by atoms with Crippen molar-refractivity contribution in [3.63, 3.8) is 0 Å². The van der Waals surface area contributed by atoms with Gasteiger partial charge in [-0.15, -0.1) is 0 Å². The Morgan fingerprint density at radius 3 is 2.60 bits per heavy atom. The molecule has 35 heavy (non-hydrogen) atoms. The summed E-state index contributed by atoms with van der Waals surface area (Å²) in [6.45, 7) is 4.75. The molecule has 1 amide bonds. The number of aryl methyl sites for hydroxylation is 1. The summed E-state index contributed by atoms with van der Waals surface area (Å²) < 4.78 is 29.5. The van der Waals surface area contributed by atoms with Gasteiger partial charge in [-0.2, -0.15) is 0 Å². The number of para-hydroxylation sites is 1. The van der Waals surface area contributed by atoms with Gasteiger partial charge in [0.05, 0.1) is 5.69 Å². The Morgan fingerprint density at radius 2 is 1.89 bits per heavy atom. The summed E-state index contributed by atoms with van der Waals surface area (Å²) in [5, 5.41) is 23.3. The molecule has 0 spiro atoms. The van der Waals surface area contributed by atoms with E-state index in [-0.39, 0.29) is 28.1 Å². The van der Waals surface area contributed by atoms with Gasteiger partial charge in [-0.25, -0.2) is 13.8 Å². The summed E-state index contributed by atoms with van der Waals surface area (Å²) in [7, 11) is 0. The lowest BCUT2D eigenvalue weighted by Crippen LogP contribution is -2.31. The van der Waals surface area contributed by atoms with Gasteiger partial charge in [0.2, 0.25) is 0 Å². The molecule has 2 aromatic carbocycles. The van der Waals surface area contributed by atoms with E-state index < -0.39 is 29.2 Å². The first-order valence-corrected chi connectivity index (χ1v) is 10.8. The Bertz CT molecular complexity index is 1490. The third-order valence-electron chi connectivity index (χ3n) is 5.23. The Kier molecular flexibility index (Phi) is 6.29. The summed E-state index contributed by atoms with van der Waals surface area (Å²) in [6, 6.07) is 11.7. The molecule has 2 aromatic heterocycles. The number of benzene rings is 2. The van der Waals surface area contributed by atoms with Crippen molar-refractivity contribution in [2.45, 2.75) is 32.4 Å². The van der Waals surface area contributed by atoms with Crippen LogP contribution in [-0.2, 0) is 0 Å². The van der Waals surface area contributed by atoms with Crippen molar-refractivity contribution < 1.29 is 23.8 Å². The van der Waals surface area contributed by atoms with Crippen molar-refractivity contribution >= 4 is 16.8 Å². The molecule has 8 heteroatoms. The number of nitrogens with zero attached hydrogens (tertiary/aromatic N) is 1. The second-order valence-electron chi connectivity index (χ2n) is 8.70. The van der Waals surface area contributed by atoms with Crippen LogP contribution in [0.1, 0.15) is 52.9 Å². The second kappa shape index (κ2) is 9.20. The summed E-state index contributed by atoms with van der Waals surface area (Å²) in [5.41, 5.74) is 0.114. The number of carbonyl (C=O) groups is 1. The van der Waals surface area contributed by atoms with Crippen LogP contribution in [0.3, 0.4) is 0 Å². The van der Waals surface area contributed by atoms with Gasteiger partial charge >= 0.3 is 0 Å². The number of aromatic amines is 1. The number of hydrogen-bond donors (Lipinski definition) is 4. The summed E-state index contributed by atoms with van der Waals surface area (Å²) in [5.74, 6) is 3.18. The monoisotopic (exact) mass is 475 g/mol. The van der Waals surface area contributed by atoms with E-state index in [0.29, 0.717) is 16.8 Å². The normalized spacial score (nSPS) is 12.2. The molecular weight excluding hydrogens is 452 g/mol. The number of H-pyrrole nitrogens is 1. The topological polar surface area (TPSA) is 98.2 Å². The highest BCUT2D eigenvalue weighted by atomic mass is 19.1. The van der Waals surface area contributed by atoms with E-state index in [1.807, 2.05) is 0 Å². The molecule has 0 saturated carbocycles. The van der Waals surface area contributed by atoms with Gasteiger partial charge in [0.15, 0.2) is 5.82 Å². The minimum Gasteiger partial charge on any atom is -0.508 e. The van der Waals surface area contributed by atoms with Crippen LogP contribution in [0.15, 0.2) is 54.6 Å². The first kappa shape index (κ1) is 23.9. The summed E-state index contributed by atoms with van der Waals surface area (Å²) in [4.78, 5) is 20.4. The number of phenolic OH excluding ortho intramolecular Hbond substituents is 1. The van der Waals surface area contributed by atoms with Gasteiger partial charge in [-0.05, 0) is 63.2 Å². The number of rotatable bonds is 4. The van der Waals surface area contributed by atoms with E-state index in [9.17, 15) is 19.4 Å². The molecule has 1 atom stereocenters. The zero-order chi connectivity index (χ0) is 25.3. The lowest BCUT2D eigenvalue weighted by molar-refractivity contribution is 0.0936. The zero-order valence-electron chi connectivity index (χ0n) is 19.3. The number of halogens is 2. The smallest absolute Gasteiger partial charge is 0.270 e. The largest absolute Gasteiger partial charge is 0.508 e. The maximum atomic E-state index is 15.4. The number of amides is 1. The Hall–Kier alpha value is -4.22. The van der Waals surface area contributed by atoms with E-state index in [1.54, 1.807) is 37.3 Å². The summed E-state index contributed by atoms with van der Waals surface area (Å²) >= 11 is 0. The second-order valence-corrected chi connectivity index (χ2v) is 8.70. The molecule has 0 radical (unpaired) electrons. The molecule has 0 aliphatic heterocycles. The van der Waals surface area contributed by atoms with Gasteiger partial charge in [0, 0.05) is 27.7 Å². The molecule has 0 saturated heterocycles. The first-order valence-electron chi connectivity index (χ1n) is 10.8. The van der Waals surface area contributed by atoms with E-state index in [4.69, 9.17) is 0 Å². The van der Waals surface area contributed by atoms with Crippen LogP contribution in [0, 0.1) is 30.4 Å². The number of aliphatic hydroxyl groups is 1. The number of carbonyl (C=O) groups excluding carboxylic acids is 1. The fourth-order valence-electron chi connectivity index (χ4n) is 3.68. The molecule has 6 nitrogen and oxygen atoms in total. The average molecular weight is 475 g/mol. The van der Waals surface area contributed by atoms with Gasteiger partial charge in [0.1, 0.15) is 28.9 Å². The highest BCUT2D eigenvalue weighted by molar-refractivity contribution is 5.93. The Balaban J connectivity index is 1.79. The first-order chi connectivity index (χ1) is 16.5.